The van der Waals surface area contributed by atoms with Gasteiger partial charge in [-0.2, -0.15) is 0 Å². The molecule has 0 aliphatic heterocycles. The average molecular weight is 437 g/mol. The fourth-order valence-corrected chi connectivity index (χ4v) is 2.96. The molecular formula is C25H32N4O3. The van der Waals surface area contributed by atoms with E-state index < -0.39 is 5.97 Å². The summed E-state index contributed by atoms with van der Waals surface area (Å²) in [6.45, 7) is 5.79. The largest absolute Gasteiger partial charge is 0.423 e. The molecule has 0 atom stereocenters. The normalized spacial score (nSPS) is 10.7. The molecule has 0 bridgehead atoms. The van der Waals surface area contributed by atoms with Crippen molar-refractivity contribution in [1.29, 1.82) is 5.41 Å². The Kier molecular flexibility index (Phi) is 9.97. The Balaban J connectivity index is 1.94. The summed E-state index contributed by atoms with van der Waals surface area (Å²) in [5.74, 6) is -0.229. The average Bonchev–Trinajstić information content (AvgIpc) is 2.78. The van der Waals surface area contributed by atoms with E-state index in [1.54, 1.807) is 60.7 Å². The maximum Gasteiger partial charge on any atom is 0.343 e. The number of hydrogen-bond donors (Lipinski definition) is 3. The smallest absolute Gasteiger partial charge is 0.343 e. The van der Waals surface area contributed by atoms with E-state index >= 15 is 0 Å². The van der Waals surface area contributed by atoms with E-state index in [0.29, 0.717) is 17.0 Å². The molecule has 2 aromatic rings. The van der Waals surface area contributed by atoms with Crippen LogP contribution in [0.1, 0.15) is 55.5 Å². The number of nitrogens with zero attached hydrogens (tertiary/aromatic N) is 1. The highest BCUT2D eigenvalue weighted by Gasteiger charge is 2.10. The number of guanidine groups is 1. The highest BCUT2D eigenvalue weighted by Crippen LogP contribution is 2.17. The van der Waals surface area contributed by atoms with E-state index in [9.17, 15) is 9.59 Å². The quantitative estimate of drug-likeness (QED) is 0.156. The SMILES string of the molecule is CCCCN(CCCC)C(=O)C=Cc1ccc(OC(=O)c2ccc(NC(=N)N)cc2)cc1. The number of esters is 1. The second-order valence-electron chi connectivity index (χ2n) is 7.44. The Morgan fingerprint density at radius 2 is 1.59 bits per heavy atom. The molecule has 0 aromatic heterocycles. The van der Waals surface area contributed by atoms with Crippen LogP contribution in [-0.2, 0) is 4.79 Å². The predicted octanol–water partition coefficient (Wildman–Crippen LogP) is 4.65. The van der Waals surface area contributed by atoms with Crippen molar-refractivity contribution < 1.29 is 14.3 Å². The van der Waals surface area contributed by atoms with Gasteiger partial charge in [-0.25, -0.2) is 4.79 Å². The highest BCUT2D eigenvalue weighted by molar-refractivity contribution is 5.93. The van der Waals surface area contributed by atoms with Crippen LogP contribution in [0.15, 0.2) is 54.6 Å². The number of nitrogens with two attached hydrogens (primary N) is 1. The van der Waals surface area contributed by atoms with Crippen molar-refractivity contribution >= 4 is 29.6 Å². The van der Waals surface area contributed by atoms with Crippen molar-refractivity contribution in [3.63, 3.8) is 0 Å². The number of amides is 1. The molecule has 2 rings (SSSR count). The van der Waals surface area contributed by atoms with Crippen molar-refractivity contribution in [1.82, 2.24) is 4.90 Å². The van der Waals surface area contributed by atoms with Crippen molar-refractivity contribution in [2.45, 2.75) is 39.5 Å². The number of benzene rings is 2. The first kappa shape index (κ1) is 24.7. The monoisotopic (exact) mass is 436 g/mol. The number of rotatable bonds is 11. The maximum atomic E-state index is 12.5. The lowest BCUT2D eigenvalue weighted by atomic mass is 10.2. The molecule has 32 heavy (non-hydrogen) atoms. The molecular weight excluding hydrogens is 404 g/mol. The van der Waals surface area contributed by atoms with Gasteiger partial charge in [-0.1, -0.05) is 38.8 Å². The third-order valence-electron chi connectivity index (χ3n) is 4.78. The summed E-state index contributed by atoms with van der Waals surface area (Å²) in [5.41, 5.74) is 7.13. The second-order valence-corrected chi connectivity index (χ2v) is 7.44. The fourth-order valence-electron chi connectivity index (χ4n) is 2.96. The molecule has 0 heterocycles. The van der Waals surface area contributed by atoms with Crippen LogP contribution in [-0.4, -0.2) is 35.8 Å². The number of unbranched alkanes of at least 4 members (excludes halogenated alkanes) is 2. The Labute approximate surface area is 189 Å². The lowest BCUT2D eigenvalue weighted by Crippen LogP contribution is -2.31. The van der Waals surface area contributed by atoms with Gasteiger partial charge in [0, 0.05) is 24.9 Å². The van der Waals surface area contributed by atoms with Gasteiger partial charge < -0.3 is 20.7 Å². The zero-order valence-electron chi connectivity index (χ0n) is 18.8. The van der Waals surface area contributed by atoms with Gasteiger partial charge in [0.05, 0.1) is 5.56 Å². The van der Waals surface area contributed by atoms with Crippen molar-refractivity contribution in [2.24, 2.45) is 5.73 Å². The van der Waals surface area contributed by atoms with Gasteiger partial charge in [0.15, 0.2) is 5.96 Å². The summed E-state index contributed by atoms with van der Waals surface area (Å²) in [6, 6.07) is 13.5. The van der Waals surface area contributed by atoms with Gasteiger partial charge in [0.25, 0.3) is 0 Å². The molecule has 2 aromatic carbocycles. The highest BCUT2D eigenvalue weighted by atomic mass is 16.5. The van der Waals surface area contributed by atoms with Gasteiger partial charge in [0.1, 0.15) is 5.75 Å². The molecule has 0 aliphatic carbocycles. The van der Waals surface area contributed by atoms with E-state index in [4.69, 9.17) is 15.9 Å². The zero-order valence-corrected chi connectivity index (χ0v) is 18.8. The Hall–Kier alpha value is -3.61. The molecule has 0 fully saturated rings. The van der Waals surface area contributed by atoms with E-state index in [2.05, 4.69) is 19.2 Å². The number of nitrogens with one attached hydrogen (secondary N) is 2. The summed E-state index contributed by atoms with van der Waals surface area (Å²) in [6.07, 6.45) is 7.49. The van der Waals surface area contributed by atoms with Crippen LogP contribution < -0.4 is 15.8 Å². The molecule has 0 aliphatic rings. The molecule has 7 nitrogen and oxygen atoms in total. The molecule has 0 unspecified atom stereocenters. The molecule has 4 N–H and O–H groups in total. The molecule has 0 saturated carbocycles. The summed E-state index contributed by atoms with van der Waals surface area (Å²) in [7, 11) is 0. The molecule has 170 valence electrons. The minimum Gasteiger partial charge on any atom is -0.423 e. The molecule has 0 saturated heterocycles. The van der Waals surface area contributed by atoms with Crippen LogP contribution in [0.3, 0.4) is 0 Å². The number of hydrogen-bond acceptors (Lipinski definition) is 4. The molecule has 0 radical (unpaired) electrons. The Bertz CT molecular complexity index is 913. The van der Waals surface area contributed by atoms with Crippen molar-refractivity contribution in [3.05, 3.63) is 65.7 Å². The van der Waals surface area contributed by atoms with Crippen molar-refractivity contribution in [2.75, 3.05) is 18.4 Å². The van der Waals surface area contributed by atoms with Crippen LogP contribution in [0.2, 0.25) is 0 Å². The van der Waals surface area contributed by atoms with Crippen LogP contribution in [0.25, 0.3) is 6.08 Å². The zero-order chi connectivity index (χ0) is 23.3. The lowest BCUT2D eigenvalue weighted by molar-refractivity contribution is -0.126. The number of ether oxygens (including phenoxy) is 1. The van der Waals surface area contributed by atoms with E-state index in [-0.39, 0.29) is 11.9 Å². The van der Waals surface area contributed by atoms with Gasteiger partial charge in [-0.3, -0.25) is 10.2 Å². The second kappa shape index (κ2) is 12.9. The van der Waals surface area contributed by atoms with Gasteiger partial charge >= 0.3 is 5.97 Å². The molecule has 7 heteroatoms. The minimum atomic E-state index is -0.486. The standard InChI is InChI=1S/C25H32N4O3/c1-3-5-17-29(18-6-4-2)23(30)16-9-19-7-14-22(15-8-19)32-24(31)20-10-12-21(13-11-20)28-25(26)27/h7-16H,3-6,17-18H2,1-2H3,(H4,26,27,28). The maximum absolute atomic E-state index is 12.5. The van der Waals surface area contributed by atoms with Crippen molar-refractivity contribution in [3.8, 4) is 5.75 Å². The number of anilines is 1. The number of carbonyl (C=O) groups excluding carboxylic acids is 2. The Morgan fingerprint density at radius 1 is 1.00 bits per heavy atom. The first-order valence-corrected chi connectivity index (χ1v) is 10.9. The lowest BCUT2D eigenvalue weighted by Gasteiger charge is -2.20. The van der Waals surface area contributed by atoms with E-state index in [0.717, 1.165) is 44.3 Å². The van der Waals surface area contributed by atoms with E-state index in [1.165, 1.54) is 0 Å². The summed E-state index contributed by atoms with van der Waals surface area (Å²) in [4.78, 5) is 26.7. The van der Waals surface area contributed by atoms with Crippen LogP contribution >= 0.6 is 0 Å². The first-order valence-electron chi connectivity index (χ1n) is 10.9. The minimum absolute atomic E-state index is 0.0186. The summed E-state index contributed by atoms with van der Waals surface area (Å²) < 4.78 is 5.40. The van der Waals surface area contributed by atoms with Gasteiger partial charge in [0.2, 0.25) is 5.91 Å². The van der Waals surface area contributed by atoms with Gasteiger partial charge in [-0.05, 0) is 60.9 Å². The van der Waals surface area contributed by atoms with Crippen LogP contribution in [0, 0.1) is 5.41 Å². The fraction of sp³-hybridized carbons (Fsp3) is 0.320. The summed E-state index contributed by atoms with van der Waals surface area (Å²) in [5, 5.41) is 9.86. The van der Waals surface area contributed by atoms with Crippen LogP contribution in [0.5, 0.6) is 5.75 Å². The van der Waals surface area contributed by atoms with Crippen LogP contribution in [0.4, 0.5) is 5.69 Å². The first-order chi connectivity index (χ1) is 15.4. The third kappa shape index (κ3) is 8.26. The molecule has 1 amide bonds. The Morgan fingerprint density at radius 3 is 2.12 bits per heavy atom. The number of carbonyl (C=O) groups is 2. The predicted molar refractivity (Wildman–Crippen MR) is 129 cm³/mol. The van der Waals surface area contributed by atoms with E-state index in [1.807, 2.05) is 4.90 Å². The summed E-state index contributed by atoms with van der Waals surface area (Å²) >= 11 is 0. The molecule has 0 spiro atoms. The topological polar surface area (TPSA) is 109 Å². The third-order valence-corrected chi connectivity index (χ3v) is 4.78. The van der Waals surface area contributed by atoms with Gasteiger partial charge in [-0.15, -0.1) is 0 Å².